The van der Waals surface area contributed by atoms with Gasteiger partial charge in [0.2, 0.25) is 0 Å². The van der Waals surface area contributed by atoms with E-state index < -0.39 is 0 Å². The zero-order valence-electron chi connectivity index (χ0n) is 13.1. The van der Waals surface area contributed by atoms with Crippen LogP contribution in [0.15, 0.2) is 22.8 Å². The van der Waals surface area contributed by atoms with Gasteiger partial charge in [0, 0.05) is 18.5 Å². The molecule has 0 spiro atoms. The Morgan fingerprint density at radius 1 is 1.29 bits per heavy atom. The molecule has 1 saturated carbocycles. The predicted molar refractivity (Wildman–Crippen MR) is 82.2 cm³/mol. The van der Waals surface area contributed by atoms with Crippen molar-refractivity contribution in [3.8, 4) is 0 Å². The SMILES string of the molecule is CCNC(=O)c1ccco1.CNC1CCC(C(C)=O)CC1. The summed E-state index contributed by atoms with van der Waals surface area (Å²) in [7, 11) is 2.00. The third-order valence-electron chi connectivity index (χ3n) is 3.79. The normalized spacial score (nSPS) is 21.1. The first-order valence-electron chi connectivity index (χ1n) is 7.57. The molecule has 0 radical (unpaired) electrons. The Bertz CT molecular complexity index is 421. The van der Waals surface area contributed by atoms with Crippen LogP contribution < -0.4 is 10.6 Å². The summed E-state index contributed by atoms with van der Waals surface area (Å²) in [5.41, 5.74) is 0. The molecule has 0 bridgehead atoms. The van der Waals surface area contributed by atoms with Gasteiger partial charge in [-0.15, -0.1) is 0 Å². The second-order valence-corrected chi connectivity index (χ2v) is 5.28. The molecule has 1 amide bonds. The minimum Gasteiger partial charge on any atom is -0.459 e. The van der Waals surface area contributed by atoms with E-state index in [0.29, 0.717) is 30.0 Å². The van der Waals surface area contributed by atoms with Gasteiger partial charge in [0.05, 0.1) is 6.26 Å². The zero-order chi connectivity index (χ0) is 15.7. The third-order valence-corrected chi connectivity index (χ3v) is 3.79. The van der Waals surface area contributed by atoms with Crippen LogP contribution in [0, 0.1) is 5.92 Å². The highest BCUT2D eigenvalue weighted by Gasteiger charge is 2.22. The topological polar surface area (TPSA) is 71.3 Å². The fraction of sp³-hybridized carbons (Fsp3) is 0.625. The molecule has 1 heterocycles. The van der Waals surface area contributed by atoms with E-state index in [1.165, 1.54) is 19.1 Å². The van der Waals surface area contributed by atoms with Crippen LogP contribution in [0.2, 0.25) is 0 Å². The summed E-state index contributed by atoms with van der Waals surface area (Å²) in [4.78, 5) is 21.9. The van der Waals surface area contributed by atoms with E-state index in [-0.39, 0.29) is 5.91 Å². The Balaban J connectivity index is 0.000000211. The minimum atomic E-state index is -0.160. The van der Waals surface area contributed by atoms with Gasteiger partial charge in [-0.05, 0) is 58.7 Å². The van der Waals surface area contributed by atoms with Crippen LogP contribution in [-0.4, -0.2) is 31.3 Å². The van der Waals surface area contributed by atoms with Gasteiger partial charge in [0.25, 0.3) is 5.91 Å². The number of furan rings is 1. The first kappa shape index (κ1) is 17.4. The monoisotopic (exact) mass is 294 g/mol. The van der Waals surface area contributed by atoms with Crippen LogP contribution in [0.25, 0.3) is 0 Å². The van der Waals surface area contributed by atoms with Crippen molar-refractivity contribution in [2.45, 2.75) is 45.6 Å². The van der Waals surface area contributed by atoms with Gasteiger partial charge in [0.1, 0.15) is 5.78 Å². The van der Waals surface area contributed by atoms with Crippen molar-refractivity contribution in [2.75, 3.05) is 13.6 Å². The molecule has 2 N–H and O–H groups in total. The van der Waals surface area contributed by atoms with Crippen molar-refractivity contribution in [2.24, 2.45) is 5.92 Å². The van der Waals surface area contributed by atoms with Crippen LogP contribution in [0.3, 0.4) is 0 Å². The molecule has 118 valence electrons. The number of amides is 1. The van der Waals surface area contributed by atoms with E-state index in [1.54, 1.807) is 19.1 Å². The number of Topliss-reactive ketones (excluding diaryl/α,β-unsaturated/α-hetero) is 1. The Kier molecular flexibility index (Phi) is 7.75. The lowest BCUT2D eigenvalue weighted by Gasteiger charge is -2.26. The summed E-state index contributed by atoms with van der Waals surface area (Å²) in [6.45, 7) is 4.20. The molecule has 5 nitrogen and oxygen atoms in total. The van der Waals surface area contributed by atoms with E-state index >= 15 is 0 Å². The summed E-state index contributed by atoms with van der Waals surface area (Å²) in [5, 5.41) is 5.87. The van der Waals surface area contributed by atoms with Crippen molar-refractivity contribution in [3.63, 3.8) is 0 Å². The average Bonchev–Trinajstić information content (AvgIpc) is 3.02. The largest absolute Gasteiger partial charge is 0.459 e. The molecule has 1 fully saturated rings. The fourth-order valence-corrected chi connectivity index (χ4v) is 2.44. The van der Waals surface area contributed by atoms with E-state index in [1.807, 2.05) is 14.0 Å². The van der Waals surface area contributed by atoms with Crippen LogP contribution in [0.5, 0.6) is 0 Å². The summed E-state index contributed by atoms with van der Waals surface area (Å²) in [5.74, 6) is 0.938. The number of carbonyl (C=O) groups excluding carboxylic acids is 2. The first-order chi connectivity index (χ1) is 10.1. The van der Waals surface area contributed by atoms with Crippen LogP contribution in [-0.2, 0) is 4.79 Å². The Morgan fingerprint density at radius 2 is 1.95 bits per heavy atom. The number of rotatable bonds is 4. The van der Waals surface area contributed by atoms with Gasteiger partial charge >= 0.3 is 0 Å². The van der Waals surface area contributed by atoms with Crippen LogP contribution >= 0.6 is 0 Å². The smallest absolute Gasteiger partial charge is 0.286 e. The van der Waals surface area contributed by atoms with Crippen molar-refractivity contribution in [3.05, 3.63) is 24.2 Å². The summed E-state index contributed by atoms with van der Waals surface area (Å²) in [6.07, 6.45) is 5.98. The van der Waals surface area contributed by atoms with Gasteiger partial charge in [-0.3, -0.25) is 9.59 Å². The Hall–Kier alpha value is -1.62. The summed E-state index contributed by atoms with van der Waals surface area (Å²) < 4.78 is 4.84. The van der Waals surface area contributed by atoms with Gasteiger partial charge in [-0.25, -0.2) is 0 Å². The highest BCUT2D eigenvalue weighted by Crippen LogP contribution is 2.24. The molecule has 5 heteroatoms. The van der Waals surface area contributed by atoms with Crippen molar-refractivity contribution < 1.29 is 14.0 Å². The molecule has 0 saturated heterocycles. The van der Waals surface area contributed by atoms with E-state index in [9.17, 15) is 9.59 Å². The maximum atomic E-state index is 11.0. The second kappa shape index (κ2) is 9.34. The third kappa shape index (κ3) is 6.12. The molecule has 0 aromatic carbocycles. The number of carbonyl (C=O) groups is 2. The van der Waals surface area contributed by atoms with Crippen molar-refractivity contribution >= 4 is 11.7 Å². The molecule has 0 aliphatic heterocycles. The predicted octanol–water partition coefficient (Wildman–Crippen LogP) is 2.38. The van der Waals surface area contributed by atoms with E-state index in [2.05, 4.69) is 10.6 Å². The summed E-state index contributed by atoms with van der Waals surface area (Å²) >= 11 is 0. The number of ketones is 1. The molecule has 1 aromatic heterocycles. The minimum absolute atomic E-state index is 0.160. The molecular weight excluding hydrogens is 268 g/mol. The number of hydrogen-bond donors (Lipinski definition) is 2. The van der Waals surface area contributed by atoms with Gasteiger partial charge in [-0.1, -0.05) is 0 Å². The number of nitrogens with one attached hydrogen (secondary N) is 2. The standard InChI is InChI=1S/C9H17NO.C7H9NO2/c1-7(11)8-3-5-9(10-2)6-4-8;1-2-8-7(9)6-4-3-5-10-6/h8-10H,3-6H2,1-2H3;3-5H,2H2,1H3,(H,8,9). The molecular formula is C16H26N2O3. The molecule has 1 aliphatic rings. The average molecular weight is 294 g/mol. The molecule has 1 aromatic rings. The second-order valence-electron chi connectivity index (χ2n) is 5.28. The van der Waals surface area contributed by atoms with Crippen molar-refractivity contribution in [1.82, 2.24) is 10.6 Å². The molecule has 2 rings (SSSR count). The highest BCUT2D eigenvalue weighted by molar-refractivity contribution is 5.91. The zero-order valence-corrected chi connectivity index (χ0v) is 13.1. The van der Waals surface area contributed by atoms with Gasteiger partial charge in [0.15, 0.2) is 5.76 Å². The quantitative estimate of drug-likeness (QED) is 0.894. The van der Waals surface area contributed by atoms with Gasteiger partial charge < -0.3 is 15.1 Å². The lowest BCUT2D eigenvalue weighted by molar-refractivity contribution is -0.121. The molecule has 21 heavy (non-hydrogen) atoms. The number of hydrogen-bond acceptors (Lipinski definition) is 4. The Morgan fingerprint density at radius 3 is 2.38 bits per heavy atom. The van der Waals surface area contributed by atoms with Crippen LogP contribution in [0.4, 0.5) is 0 Å². The molecule has 0 atom stereocenters. The highest BCUT2D eigenvalue weighted by atomic mass is 16.3. The van der Waals surface area contributed by atoms with Gasteiger partial charge in [-0.2, -0.15) is 0 Å². The first-order valence-corrected chi connectivity index (χ1v) is 7.57. The lowest BCUT2D eigenvalue weighted by Crippen LogP contribution is -2.31. The van der Waals surface area contributed by atoms with Crippen LogP contribution in [0.1, 0.15) is 50.1 Å². The molecule has 0 unspecified atom stereocenters. The maximum absolute atomic E-state index is 11.0. The Labute approximate surface area is 126 Å². The summed E-state index contributed by atoms with van der Waals surface area (Å²) in [6, 6.07) is 3.97. The maximum Gasteiger partial charge on any atom is 0.286 e. The fourth-order valence-electron chi connectivity index (χ4n) is 2.44. The molecule has 1 aliphatic carbocycles. The van der Waals surface area contributed by atoms with E-state index in [0.717, 1.165) is 12.8 Å². The van der Waals surface area contributed by atoms with Crippen molar-refractivity contribution in [1.29, 1.82) is 0 Å². The van der Waals surface area contributed by atoms with E-state index in [4.69, 9.17) is 4.42 Å². The lowest BCUT2D eigenvalue weighted by atomic mass is 9.84.